The van der Waals surface area contributed by atoms with E-state index in [1.54, 1.807) is 11.7 Å². The molecule has 0 saturated carbocycles. The smallest absolute Gasteiger partial charge is 0.273 e. The highest BCUT2D eigenvalue weighted by atomic mass is 32.2. The predicted molar refractivity (Wildman–Crippen MR) is 135 cm³/mol. The van der Waals surface area contributed by atoms with Crippen molar-refractivity contribution >= 4 is 50.2 Å². The number of anilines is 2. The number of nitrogens with zero attached hydrogens (tertiary/aromatic N) is 4. The van der Waals surface area contributed by atoms with Crippen LogP contribution in [-0.2, 0) is 11.3 Å². The Morgan fingerprint density at radius 1 is 1.30 bits per heavy atom. The normalized spacial score (nSPS) is 14.6. The number of hydrogen-bond donors (Lipinski definition) is 1. The highest BCUT2D eigenvalue weighted by molar-refractivity contribution is 7.99. The number of nitrogens with one attached hydrogen (secondary N) is 1. The molecule has 1 aliphatic heterocycles. The lowest BCUT2D eigenvalue weighted by molar-refractivity contribution is -0.113. The molecule has 8 nitrogen and oxygen atoms in total. The van der Waals surface area contributed by atoms with Gasteiger partial charge in [-0.1, -0.05) is 36.1 Å². The van der Waals surface area contributed by atoms with Gasteiger partial charge in [-0.15, -0.1) is 0 Å². The molecule has 1 amide bonds. The van der Waals surface area contributed by atoms with Gasteiger partial charge >= 0.3 is 0 Å². The number of benzene rings is 1. The van der Waals surface area contributed by atoms with E-state index in [9.17, 15) is 9.59 Å². The van der Waals surface area contributed by atoms with Crippen molar-refractivity contribution in [2.24, 2.45) is 5.92 Å². The molecule has 0 spiro atoms. The summed E-state index contributed by atoms with van der Waals surface area (Å²) < 4.78 is 7.52. The van der Waals surface area contributed by atoms with Gasteiger partial charge in [-0.2, -0.15) is 4.98 Å². The first-order chi connectivity index (χ1) is 15.9. The molecule has 4 rings (SSSR count). The third kappa shape index (κ3) is 5.16. The summed E-state index contributed by atoms with van der Waals surface area (Å²) >= 11 is 2.66. The Bertz CT molecular complexity index is 1210. The van der Waals surface area contributed by atoms with Crippen LogP contribution in [0.15, 0.2) is 28.2 Å². The summed E-state index contributed by atoms with van der Waals surface area (Å²) in [5, 5.41) is 4.25. The Morgan fingerprint density at radius 2 is 2.06 bits per heavy atom. The molecule has 3 aromatic rings. The first-order valence-corrected chi connectivity index (χ1v) is 12.9. The Labute approximate surface area is 201 Å². The number of thiazole rings is 1. The Morgan fingerprint density at radius 3 is 2.76 bits per heavy atom. The second-order valence-electron chi connectivity index (χ2n) is 8.30. The van der Waals surface area contributed by atoms with Crippen LogP contribution in [0.1, 0.15) is 32.3 Å². The van der Waals surface area contributed by atoms with Gasteiger partial charge in [0.1, 0.15) is 10.4 Å². The minimum atomic E-state index is -0.192. The fourth-order valence-electron chi connectivity index (χ4n) is 3.84. The lowest BCUT2D eigenvalue weighted by Gasteiger charge is -2.29. The minimum Gasteiger partial charge on any atom is -0.495 e. The SMILES string of the molecule is CCn1c(SCC(=O)Nc2cc(C)ccc2OC)nc2nc(N3CCC(C)CC3)sc2c1=O. The molecule has 0 radical (unpaired) electrons. The van der Waals surface area contributed by atoms with E-state index in [-0.39, 0.29) is 17.2 Å². The molecule has 0 unspecified atom stereocenters. The van der Waals surface area contributed by atoms with Gasteiger partial charge in [0.05, 0.1) is 18.6 Å². The van der Waals surface area contributed by atoms with Crippen LogP contribution in [0, 0.1) is 12.8 Å². The summed E-state index contributed by atoms with van der Waals surface area (Å²) in [5.41, 5.74) is 2.01. The van der Waals surface area contributed by atoms with Gasteiger partial charge in [-0.3, -0.25) is 14.2 Å². The molecule has 176 valence electrons. The number of carbonyl (C=O) groups excluding carboxylic acids is 1. The first kappa shape index (κ1) is 23.6. The zero-order valence-corrected chi connectivity index (χ0v) is 21.0. The molecule has 1 N–H and O–H groups in total. The third-order valence-electron chi connectivity index (χ3n) is 5.80. The summed E-state index contributed by atoms with van der Waals surface area (Å²) in [4.78, 5) is 37.3. The summed E-state index contributed by atoms with van der Waals surface area (Å²) in [5.74, 6) is 1.25. The fraction of sp³-hybridized carbons (Fsp3) is 0.478. The second-order valence-corrected chi connectivity index (χ2v) is 10.2. The van der Waals surface area contributed by atoms with Crippen LogP contribution in [0.5, 0.6) is 5.75 Å². The zero-order chi connectivity index (χ0) is 23.5. The topological polar surface area (TPSA) is 89.3 Å². The number of carbonyl (C=O) groups is 1. The van der Waals surface area contributed by atoms with E-state index in [1.165, 1.54) is 23.1 Å². The molecule has 3 heterocycles. The summed E-state index contributed by atoms with van der Waals surface area (Å²) in [6.45, 7) is 8.51. The first-order valence-electron chi connectivity index (χ1n) is 11.1. The number of rotatable bonds is 7. The van der Waals surface area contributed by atoms with E-state index in [2.05, 4.69) is 27.1 Å². The molecule has 1 fully saturated rings. The van der Waals surface area contributed by atoms with Crippen molar-refractivity contribution < 1.29 is 9.53 Å². The summed E-state index contributed by atoms with van der Waals surface area (Å²) in [7, 11) is 1.57. The van der Waals surface area contributed by atoms with Crippen molar-refractivity contribution in [3.8, 4) is 5.75 Å². The second kappa shape index (κ2) is 10.1. The van der Waals surface area contributed by atoms with Gasteiger partial charge in [0.25, 0.3) is 5.56 Å². The van der Waals surface area contributed by atoms with Crippen LogP contribution in [0.3, 0.4) is 0 Å². The van der Waals surface area contributed by atoms with Gasteiger partial charge in [-0.05, 0) is 50.3 Å². The number of aromatic nitrogens is 3. The van der Waals surface area contributed by atoms with Crippen molar-refractivity contribution in [1.82, 2.24) is 14.5 Å². The number of fused-ring (bicyclic) bond motifs is 1. The molecule has 0 aliphatic carbocycles. The molecule has 10 heteroatoms. The van der Waals surface area contributed by atoms with Gasteiger partial charge in [0.2, 0.25) is 5.91 Å². The number of hydrogen-bond acceptors (Lipinski definition) is 8. The standard InChI is InChI=1S/C23H29N5O3S2/c1-5-28-21(30)19-20(25-22(33-19)27-10-8-14(2)9-11-27)26-23(28)32-13-18(29)24-16-12-15(3)6-7-17(16)31-4/h6-7,12,14H,5,8-11,13H2,1-4H3,(H,24,29). The summed E-state index contributed by atoms with van der Waals surface area (Å²) in [6.07, 6.45) is 2.26. The number of ether oxygens (including phenoxy) is 1. The van der Waals surface area contributed by atoms with E-state index in [0.29, 0.717) is 33.5 Å². The number of aryl methyl sites for hydroxylation is 1. The highest BCUT2D eigenvalue weighted by Crippen LogP contribution is 2.30. The summed E-state index contributed by atoms with van der Waals surface area (Å²) in [6, 6.07) is 5.62. The van der Waals surface area contributed by atoms with Crippen LogP contribution in [0.4, 0.5) is 10.8 Å². The Hall–Kier alpha value is -2.59. The van der Waals surface area contributed by atoms with Crippen molar-refractivity contribution in [1.29, 1.82) is 0 Å². The molecule has 1 saturated heterocycles. The maximum absolute atomic E-state index is 13.1. The molecule has 1 aliphatic rings. The molecule has 2 aromatic heterocycles. The number of amides is 1. The van der Waals surface area contributed by atoms with E-state index in [1.807, 2.05) is 32.0 Å². The van der Waals surface area contributed by atoms with Crippen molar-refractivity contribution in [2.75, 3.05) is 36.2 Å². The quantitative estimate of drug-likeness (QED) is 0.395. The fourth-order valence-corrected chi connectivity index (χ4v) is 5.69. The number of methoxy groups -OCH3 is 1. The molecular formula is C23H29N5O3S2. The molecule has 33 heavy (non-hydrogen) atoms. The minimum absolute atomic E-state index is 0.0973. The highest BCUT2D eigenvalue weighted by Gasteiger charge is 2.22. The van der Waals surface area contributed by atoms with E-state index < -0.39 is 0 Å². The third-order valence-corrected chi connectivity index (χ3v) is 7.87. The average molecular weight is 488 g/mol. The molecule has 0 bridgehead atoms. The van der Waals surface area contributed by atoms with Gasteiger partial charge in [0.15, 0.2) is 15.9 Å². The van der Waals surface area contributed by atoms with Crippen LogP contribution >= 0.6 is 23.1 Å². The Kier molecular flexibility index (Phi) is 7.23. The monoisotopic (exact) mass is 487 g/mol. The van der Waals surface area contributed by atoms with Crippen molar-refractivity contribution in [3.05, 3.63) is 34.1 Å². The van der Waals surface area contributed by atoms with Crippen LogP contribution < -0.4 is 20.5 Å². The maximum atomic E-state index is 13.1. The van der Waals surface area contributed by atoms with Gasteiger partial charge < -0.3 is 15.0 Å². The van der Waals surface area contributed by atoms with Crippen LogP contribution in [0.2, 0.25) is 0 Å². The lowest BCUT2D eigenvalue weighted by Crippen LogP contribution is -2.32. The van der Waals surface area contributed by atoms with Gasteiger partial charge in [0, 0.05) is 19.6 Å². The maximum Gasteiger partial charge on any atom is 0.273 e. The zero-order valence-electron chi connectivity index (χ0n) is 19.4. The Balaban J connectivity index is 1.53. The van der Waals surface area contributed by atoms with Crippen LogP contribution in [-0.4, -0.2) is 46.4 Å². The van der Waals surface area contributed by atoms with Crippen molar-refractivity contribution in [3.63, 3.8) is 0 Å². The van der Waals surface area contributed by atoms with E-state index >= 15 is 0 Å². The number of thioether (sulfide) groups is 1. The molecular weight excluding hydrogens is 458 g/mol. The number of piperidine rings is 1. The van der Waals surface area contributed by atoms with Gasteiger partial charge in [-0.25, -0.2) is 4.98 Å². The molecule has 1 aromatic carbocycles. The lowest BCUT2D eigenvalue weighted by atomic mass is 10.00. The predicted octanol–water partition coefficient (Wildman–Crippen LogP) is 4.16. The van der Waals surface area contributed by atoms with E-state index in [0.717, 1.165) is 42.5 Å². The van der Waals surface area contributed by atoms with Crippen molar-refractivity contribution in [2.45, 2.75) is 45.3 Å². The van der Waals surface area contributed by atoms with Crippen LogP contribution in [0.25, 0.3) is 10.3 Å². The average Bonchev–Trinajstić information content (AvgIpc) is 3.23. The van der Waals surface area contributed by atoms with E-state index in [4.69, 9.17) is 4.74 Å². The largest absolute Gasteiger partial charge is 0.495 e. The molecule has 0 atom stereocenters.